The van der Waals surface area contributed by atoms with Crippen molar-refractivity contribution in [3.05, 3.63) is 35.9 Å². The third-order valence-corrected chi connectivity index (χ3v) is 3.84. The second-order valence-electron chi connectivity index (χ2n) is 5.80. The maximum atomic E-state index is 10.4. The summed E-state index contributed by atoms with van der Waals surface area (Å²) in [6, 6.07) is 10.5. The van der Waals surface area contributed by atoms with Gasteiger partial charge in [0.2, 0.25) is 0 Å². The lowest BCUT2D eigenvalue weighted by molar-refractivity contribution is -0.129. The van der Waals surface area contributed by atoms with E-state index in [-0.39, 0.29) is 5.41 Å². The Morgan fingerprint density at radius 1 is 1.13 bits per heavy atom. The second-order valence-corrected chi connectivity index (χ2v) is 5.80. The summed E-state index contributed by atoms with van der Waals surface area (Å²) >= 11 is 0. The van der Waals surface area contributed by atoms with Crippen LogP contribution < -0.4 is 0 Å². The summed E-state index contributed by atoms with van der Waals surface area (Å²) in [5, 5.41) is 10.4. The minimum absolute atomic E-state index is 0.00171. The first kappa shape index (κ1) is 10.7. The topological polar surface area (TPSA) is 20.2 Å². The van der Waals surface area contributed by atoms with E-state index in [1.165, 1.54) is 5.56 Å². The highest BCUT2D eigenvalue weighted by Gasteiger charge is 2.50. The van der Waals surface area contributed by atoms with Crippen LogP contribution in [0.1, 0.15) is 45.1 Å². The number of hydrogen-bond acceptors (Lipinski definition) is 1. The van der Waals surface area contributed by atoms with Crippen LogP contribution in [0, 0.1) is 5.41 Å². The number of hydrogen-bond donors (Lipinski definition) is 1. The summed E-state index contributed by atoms with van der Waals surface area (Å²) in [5.74, 6) is 0.551. The lowest BCUT2D eigenvalue weighted by Crippen LogP contribution is -2.52. The summed E-state index contributed by atoms with van der Waals surface area (Å²) in [6.07, 6.45) is 1.81. The summed E-state index contributed by atoms with van der Waals surface area (Å²) < 4.78 is 0. The molecule has 1 nitrogen and oxygen atoms in total. The first-order chi connectivity index (χ1) is 6.92. The van der Waals surface area contributed by atoms with Gasteiger partial charge in [-0.1, -0.05) is 51.1 Å². The van der Waals surface area contributed by atoms with Gasteiger partial charge in [0.15, 0.2) is 0 Å². The molecule has 0 radical (unpaired) electrons. The van der Waals surface area contributed by atoms with Gasteiger partial charge in [0, 0.05) is 0 Å². The van der Waals surface area contributed by atoms with E-state index in [1.807, 2.05) is 6.07 Å². The average Bonchev–Trinajstić information content (AvgIpc) is 2.12. The van der Waals surface area contributed by atoms with Gasteiger partial charge in [-0.3, -0.25) is 0 Å². The third-order valence-electron chi connectivity index (χ3n) is 3.84. The maximum Gasteiger partial charge on any atom is 0.0707 e. The van der Waals surface area contributed by atoms with Crippen LogP contribution in [-0.4, -0.2) is 10.7 Å². The zero-order chi connectivity index (χ0) is 11.1. The van der Waals surface area contributed by atoms with Crippen molar-refractivity contribution in [1.29, 1.82) is 0 Å². The molecule has 1 N–H and O–H groups in total. The Morgan fingerprint density at radius 2 is 1.67 bits per heavy atom. The maximum absolute atomic E-state index is 10.4. The molecule has 1 aromatic carbocycles. The van der Waals surface area contributed by atoms with Crippen molar-refractivity contribution in [2.75, 3.05) is 0 Å². The van der Waals surface area contributed by atoms with Gasteiger partial charge >= 0.3 is 0 Å². The van der Waals surface area contributed by atoms with Crippen molar-refractivity contribution >= 4 is 0 Å². The molecule has 0 bridgehead atoms. The van der Waals surface area contributed by atoms with E-state index >= 15 is 0 Å². The average molecular weight is 204 g/mol. The zero-order valence-corrected chi connectivity index (χ0v) is 9.83. The molecular formula is C14H20O. The SMILES string of the molecule is CC(C)(C)C1(O)CC(c2ccccc2)C1. The standard InChI is InChI=1S/C14H20O/c1-13(2,3)14(15)9-12(10-14)11-7-5-4-6-8-11/h4-8,12,15H,9-10H2,1-3H3. The van der Waals surface area contributed by atoms with E-state index in [0.717, 1.165) is 12.8 Å². The molecule has 0 aliphatic heterocycles. The second kappa shape index (κ2) is 3.34. The molecule has 1 aliphatic carbocycles. The molecule has 1 fully saturated rings. The quantitative estimate of drug-likeness (QED) is 0.744. The van der Waals surface area contributed by atoms with Gasteiger partial charge in [-0.2, -0.15) is 0 Å². The van der Waals surface area contributed by atoms with Crippen LogP contribution in [0.3, 0.4) is 0 Å². The first-order valence-electron chi connectivity index (χ1n) is 5.70. The lowest BCUT2D eigenvalue weighted by Gasteiger charge is -2.52. The summed E-state index contributed by atoms with van der Waals surface area (Å²) in [7, 11) is 0. The van der Waals surface area contributed by atoms with Crippen molar-refractivity contribution in [3.8, 4) is 0 Å². The minimum Gasteiger partial charge on any atom is -0.389 e. The Labute approximate surface area is 92.1 Å². The van der Waals surface area contributed by atoms with E-state index in [0.29, 0.717) is 5.92 Å². The Balaban J connectivity index is 2.05. The third kappa shape index (κ3) is 1.81. The monoisotopic (exact) mass is 204 g/mol. The van der Waals surface area contributed by atoms with Crippen LogP contribution in [0.25, 0.3) is 0 Å². The fourth-order valence-electron chi connectivity index (χ4n) is 2.33. The van der Waals surface area contributed by atoms with Crippen LogP contribution in [0.2, 0.25) is 0 Å². The zero-order valence-electron chi connectivity index (χ0n) is 9.83. The number of rotatable bonds is 1. The molecule has 0 atom stereocenters. The van der Waals surface area contributed by atoms with Crippen molar-refractivity contribution in [3.63, 3.8) is 0 Å². The van der Waals surface area contributed by atoms with Crippen LogP contribution in [0.4, 0.5) is 0 Å². The molecule has 0 unspecified atom stereocenters. The van der Waals surface area contributed by atoms with Crippen LogP contribution >= 0.6 is 0 Å². The molecule has 0 aromatic heterocycles. The molecule has 1 aromatic rings. The fourth-order valence-corrected chi connectivity index (χ4v) is 2.33. The van der Waals surface area contributed by atoms with Crippen LogP contribution in [0.5, 0.6) is 0 Å². The van der Waals surface area contributed by atoms with Gasteiger partial charge in [-0.15, -0.1) is 0 Å². The van der Waals surface area contributed by atoms with Gasteiger partial charge in [0.05, 0.1) is 5.60 Å². The Hall–Kier alpha value is -0.820. The van der Waals surface area contributed by atoms with Crippen molar-refractivity contribution < 1.29 is 5.11 Å². The highest BCUT2D eigenvalue weighted by Crippen LogP contribution is 2.53. The largest absolute Gasteiger partial charge is 0.389 e. The van der Waals surface area contributed by atoms with Gasteiger partial charge in [0.25, 0.3) is 0 Å². The Kier molecular flexibility index (Phi) is 2.38. The smallest absolute Gasteiger partial charge is 0.0707 e. The Bertz CT molecular complexity index is 328. The van der Waals surface area contributed by atoms with Crippen LogP contribution in [-0.2, 0) is 0 Å². The van der Waals surface area contributed by atoms with Crippen molar-refractivity contribution in [2.45, 2.75) is 45.1 Å². The molecular weight excluding hydrogens is 184 g/mol. The van der Waals surface area contributed by atoms with Crippen molar-refractivity contribution in [1.82, 2.24) is 0 Å². The highest BCUT2D eigenvalue weighted by atomic mass is 16.3. The molecule has 0 heterocycles. The number of benzene rings is 1. The highest BCUT2D eigenvalue weighted by molar-refractivity contribution is 5.25. The van der Waals surface area contributed by atoms with Gasteiger partial charge < -0.3 is 5.11 Å². The molecule has 15 heavy (non-hydrogen) atoms. The summed E-state index contributed by atoms with van der Waals surface area (Å²) in [6.45, 7) is 6.36. The fraction of sp³-hybridized carbons (Fsp3) is 0.571. The summed E-state index contributed by atoms with van der Waals surface area (Å²) in [4.78, 5) is 0. The minimum atomic E-state index is -0.465. The molecule has 1 saturated carbocycles. The molecule has 0 amide bonds. The first-order valence-corrected chi connectivity index (χ1v) is 5.70. The molecule has 82 valence electrons. The van der Waals surface area contributed by atoms with Crippen molar-refractivity contribution in [2.24, 2.45) is 5.41 Å². The summed E-state index contributed by atoms with van der Waals surface area (Å²) in [5.41, 5.74) is 0.901. The number of aliphatic hydroxyl groups is 1. The van der Waals surface area contributed by atoms with Crippen LogP contribution in [0.15, 0.2) is 30.3 Å². The Morgan fingerprint density at radius 3 is 2.13 bits per heavy atom. The van der Waals surface area contributed by atoms with Gasteiger partial charge in [-0.05, 0) is 29.7 Å². The lowest BCUT2D eigenvalue weighted by atomic mass is 9.57. The van der Waals surface area contributed by atoms with Gasteiger partial charge in [-0.25, -0.2) is 0 Å². The molecule has 2 rings (SSSR count). The van der Waals surface area contributed by atoms with Gasteiger partial charge in [0.1, 0.15) is 0 Å². The van der Waals surface area contributed by atoms with E-state index in [1.54, 1.807) is 0 Å². The molecule has 1 heteroatoms. The van der Waals surface area contributed by atoms with E-state index < -0.39 is 5.60 Å². The van der Waals surface area contributed by atoms with E-state index in [2.05, 4.69) is 45.0 Å². The predicted octanol–water partition coefficient (Wildman–Crippen LogP) is 3.34. The van der Waals surface area contributed by atoms with E-state index in [9.17, 15) is 5.11 Å². The normalized spacial score (nSPS) is 31.1. The molecule has 0 saturated heterocycles. The molecule has 1 aliphatic rings. The predicted molar refractivity (Wildman–Crippen MR) is 62.8 cm³/mol. The van der Waals surface area contributed by atoms with E-state index in [4.69, 9.17) is 0 Å². The molecule has 0 spiro atoms.